The zero-order chi connectivity index (χ0) is 25.0. The zero-order valence-corrected chi connectivity index (χ0v) is 20.5. The smallest absolute Gasteiger partial charge is 0.413 e. The maximum atomic E-state index is 13.7. The highest BCUT2D eigenvalue weighted by molar-refractivity contribution is 6.01. The second-order valence-electron chi connectivity index (χ2n) is 8.89. The number of amides is 3. The van der Waals surface area contributed by atoms with Crippen LogP contribution in [0.1, 0.15) is 37.5 Å². The molecule has 0 saturated carbocycles. The summed E-state index contributed by atoms with van der Waals surface area (Å²) in [6, 6.07) is 8.05. The highest BCUT2D eigenvalue weighted by atomic mass is 16.6. The number of nitrogens with zero attached hydrogens (tertiary/aromatic N) is 2. The SMILES string of the molecule is CN[C@@H](C)C(=O)N[C@H](C(=O)N1c2ncccc2C[C@@H]1OC(=O)Nc1c(C)cccc1C)C(C)C. The number of para-hydroxylation sites is 1. The van der Waals surface area contributed by atoms with Crippen LogP contribution < -0.4 is 20.9 Å². The van der Waals surface area contributed by atoms with Gasteiger partial charge in [-0.05, 0) is 50.9 Å². The lowest BCUT2D eigenvalue weighted by atomic mass is 10.0. The van der Waals surface area contributed by atoms with E-state index in [1.807, 2.05) is 52.0 Å². The number of likely N-dealkylation sites (N-methyl/N-ethyl adjacent to an activating group) is 1. The summed E-state index contributed by atoms with van der Waals surface area (Å²) in [7, 11) is 1.68. The summed E-state index contributed by atoms with van der Waals surface area (Å²) in [5.41, 5.74) is 3.27. The van der Waals surface area contributed by atoms with E-state index in [4.69, 9.17) is 4.74 Å². The zero-order valence-electron chi connectivity index (χ0n) is 20.5. The van der Waals surface area contributed by atoms with Crippen LogP contribution in [0.5, 0.6) is 0 Å². The molecule has 0 saturated heterocycles. The summed E-state index contributed by atoms with van der Waals surface area (Å²) in [4.78, 5) is 44.8. The van der Waals surface area contributed by atoms with Crippen LogP contribution in [0.2, 0.25) is 0 Å². The van der Waals surface area contributed by atoms with Crippen molar-refractivity contribution in [3.63, 3.8) is 0 Å². The molecule has 2 aromatic rings. The van der Waals surface area contributed by atoms with Gasteiger partial charge in [-0.3, -0.25) is 19.8 Å². The number of hydrogen-bond donors (Lipinski definition) is 3. The minimum atomic E-state index is -0.887. The molecule has 9 heteroatoms. The molecule has 3 N–H and O–H groups in total. The van der Waals surface area contributed by atoms with Crippen molar-refractivity contribution in [2.45, 2.75) is 59.4 Å². The Morgan fingerprint density at radius 2 is 1.76 bits per heavy atom. The Morgan fingerprint density at radius 3 is 2.38 bits per heavy atom. The monoisotopic (exact) mass is 467 g/mol. The van der Waals surface area contributed by atoms with Gasteiger partial charge in [0.25, 0.3) is 5.91 Å². The number of nitrogens with one attached hydrogen (secondary N) is 3. The van der Waals surface area contributed by atoms with E-state index < -0.39 is 24.4 Å². The predicted molar refractivity (Wildman–Crippen MR) is 131 cm³/mol. The molecule has 182 valence electrons. The quantitative estimate of drug-likeness (QED) is 0.577. The maximum Gasteiger partial charge on any atom is 0.413 e. The molecule has 1 aliphatic heterocycles. The number of benzene rings is 1. The summed E-state index contributed by atoms with van der Waals surface area (Å²) in [6.07, 6.45) is 0.342. The molecule has 3 amide bonds. The van der Waals surface area contributed by atoms with E-state index in [1.165, 1.54) is 4.90 Å². The minimum absolute atomic E-state index is 0.197. The Morgan fingerprint density at radius 1 is 1.09 bits per heavy atom. The van der Waals surface area contributed by atoms with Crippen LogP contribution in [0.3, 0.4) is 0 Å². The number of rotatable bonds is 7. The fraction of sp³-hybridized carbons (Fsp3) is 0.440. The van der Waals surface area contributed by atoms with E-state index in [2.05, 4.69) is 20.9 Å². The molecule has 0 spiro atoms. The molecule has 3 rings (SSSR count). The third kappa shape index (κ3) is 5.36. The lowest BCUT2D eigenvalue weighted by molar-refractivity contribution is -0.130. The second kappa shape index (κ2) is 10.6. The Bertz CT molecular complexity index is 1050. The number of anilines is 2. The normalized spacial score (nSPS) is 16.6. The molecule has 2 heterocycles. The third-order valence-electron chi connectivity index (χ3n) is 6.02. The van der Waals surface area contributed by atoms with Crippen LogP contribution in [0.25, 0.3) is 0 Å². The first-order valence-electron chi connectivity index (χ1n) is 11.4. The van der Waals surface area contributed by atoms with E-state index in [-0.39, 0.29) is 17.7 Å². The topological polar surface area (TPSA) is 113 Å². The fourth-order valence-electron chi connectivity index (χ4n) is 3.90. The van der Waals surface area contributed by atoms with Crippen molar-refractivity contribution in [3.05, 3.63) is 53.2 Å². The van der Waals surface area contributed by atoms with Gasteiger partial charge in [0.2, 0.25) is 5.91 Å². The highest BCUT2D eigenvalue weighted by Crippen LogP contribution is 2.32. The maximum absolute atomic E-state index is 13.7. The van der Waals surface area contributed by atoms with E-state index in [1.54, 1.807) is 26.2 Å². The number of carbonyl (C=O) groups is 3. The summed E-state index contributed by atoms with van der Waals surface area (Å²) in [5, 5.41) is 8.50. The molecule has 0 fully saturated rings. The summed E-state index contributed by atoms with van der Waals surface area (Å²) in [6.45, 7) is 9.22. The molecule has 0 unspecified atom stereocenters. The number of hydrogen-bond acceptors (Lipinski definition) is 6. The Labute approximate surface area is 200 Å². The molecule has 3 atom stereocenters. The summed E-state index contributed by atoms with van der Waals surface area (Å²) in [5.74, 6) is -0.439. The molecule has 0 aliphatic carbocycles. The number of aromatic nitrogens is 1. The van der Waals surface area contributed by atoms with Crippen LogP contribution in [0, 0.1) is 19.8 Å². The van der Waals surface area contributed by atoms with Gasteiger partial charge in [-0.2, -0.15) is 0 Å². The molecule has 1 aromatic heterocycles. The first-order valence-corrected chi connectivity index (χ1v) is 11.4. The van der Waals surface area contributed by atoms with Crippen LogP contribution in [0.15, 0.2) is 36.5 Å². The average molecular weight is 468 g/mol. The van der Waals surface area contributed by atoms with E-state index in [9.17, 15) is 14.4 Å². The lowest BCUT2D eigenvalue weighted by Gasteiger charge is -2.31. The van der Waals surface area contributed by atoms with Crippen molar-refractivity contribution in [1.29, 1.82) is 0 Å². The van der Waals surface area contributed by atoms with Crippen molar-refractivity contribution in [2.24, 2.45) is 5.92 Å². The van der Waals surface area contributed by atoms with Gasteiger partial charge in [-0.25, -0.2) is 9.78 Å². The van der Waals surface area contributed by atoms with Gasteiger partial charge in [0.05, 0.1) is 6.04 Å². The van der Waals surface area contributed by atoms with Gasteiger partial charge in [0.1, 0.15) is 11.9 Å². The molecule has 0 bridgehead atoms. The average Bonchev–Trinajstić information content (AvgIpc) is 3.16. The van der Waals surface area contributed by atoms with E-state index >= 15 is 0 Å². The number of fused-ring (bicyclic) bond motifs is 1. The van der Waals surface area contributed by atoms with Gasteiger partial charge >= 0.3 is 6.09 Å². The van der Waals surface area contributed by atoms with Crippen molar-refractivity contribution in [3.8, 4) is 0 Å². The van der Waals surface area contributed by atoms with Gasteiger partial charge in [0.15, 0.2) is 6.23 Å². The fourth-order valence-corrected chi connectivity index (χ4v) is 3.90. The summed E-state index contributed by atoms with van der Waals surface area (Å²) < 4.78 is 5.74. The van der Waals surface area contributed by atoms with Crippen LogP contribution in [0.4, 0.5) is 16.3 Å². The molecular weight excluding hydrogens is 434 g/mol. The van der Waals surface area contributed by atoms with Gasteiger partial charge in [-0.15, -0.1) is 0 Å². The molecule has 9 nitrogen and oxygen atoms in total. The number of carbonyl (C=O) groups excluding carboxylic acids is 3. The molecule has 1 aliphatic rings. The number of aryl methyl sites for hydroxylation is 2. The Kier molecular flexibility index (Phi) is 7.88. The number of pyridine rings is 1. The molecule has 34 heavy (non-hydrogen) atoms. The third-order valence-corrected chi connectivity index (χ3v) is 6.02. The van der Waals surface area contributed by atoms with E-state index in [0.717, 1.165) is 16.7 Å². The second-order valence-corrected chi connectivity index (χ2v) is 8.89. The van der Waals surface area contributed by atoms with Crippen molar-refractivity contribution in [2.75, 3.05) is 17.3 Å². The first kappa shape index (κ1) is 25.2. The summed E-state index contributed by atoms with van der Waals surface area (Å²) >= 11 is 0. The van der Waals surface area contributed by atoms with Gasteiger partial charge < -0.3 is 15.4 Å². The largest absolute Gasteiger partial charge is 0.424 e. The Balaban J connectivity index is 1.85. The highest BCUT2D eigenvalue weighted by Gasteiger charge is 2.41. The van der Waals surface area contributed by atoms with Gasteiger partial charge in [-0.1, -0.05) is 38.1 Å². The minimum Gasteiger partial charge on any atom is -0.424 e. The molecular formula is C25H33N5O4. The molecule has 1 aromatic carbocycles. The van der Waals surface area contributed by atoms with Crippen molar-refractivity contribution in [1.82, 2.24) is 15.6 Å². The lowest BCUT2D eigenvalue weighted by Crippen LogP contribution is -2.56. The van der Waals surface area contributed by atoms with Crippen LogP contribution in [-0.4, -0.2) is 48.3 Å². The van der Waals surface area contributed by atoms with Crippen LogP contribution in [-0.2, 0) is 20.7 Å². The van der Waals surface area contributed by atoms with Crippen molar-refractivity contribution < 1.29 is 19.1 Å². The molecule has 0 radical (unpaired) electrons. The van der Waals surface area contributed by atoms with Gasteiger partial charge in [0, 0.05) is 23.9 Å². The standard InChI is InChI=1S/C25H33N5O4/c1-14(2)20(28-23(31)17(5)26-6)24(32)30-19(13-18-11-8-12-27-22(18)30)34-25(33)29-21-15(3)9-7-10-16(21)4/h7-12,14,17,19-20,26H,13H2,1-6H3,(H,28,31)(H,29,33)/t17-,19-,20-/m0/s1. The first-order chi connectivity index (χ1) is 16.1. The number of ether oxygens (including phenoxy) is 1. The van der Waals surface area contributed by atoms with E-state index in [0.29, 0.717) is 17.9 Å². The van der Waals surface area contributed by atoms with Crippen molar-refractivity contribution >= 4 is 29.4 Å². The Hall–Kier alpha value is -3.46. The van der Waals surface area contributed by atoms with Crippen LogP contribution >= 0.6 is 0 Å². The predicted octanol–water partition coefficient (Wildman–Crippen LogP) is 2.91.